The maximum absolute atomic E-state index is 13.0. The number of carbonyl (C=O) groups is 2. The number of benzene rings is 3. The van der Waals surface area contributed by atoms with Crippen LogP contribution < -0.4 is 10.2 Å². The van der Waals surface area contributed by atoms with Crippen LogP contribution in [0.4, 0.5) is 5.69 Å². The number of carboxylic acids is 1. The molecule has 2 saturated heterocycles. The molecule has 188 valence electrons. The maximum atomic E-state index is 13.0. The van der Waals surface area contributed by atoms with E-state index < -0.39 is 16.9 Å². The van der Waals surface area contributed by atoms with Gasteiger partial charge in [0.1, 0.15) is 11.0 Å². The van der Waals surface area contributed by atoms with Crippen LogP contribution in [-0.2, 0) is 15.0 Å². The molecule has 2 heterocycles. The molecule has 2 N–H and O–H groups in total. The second kappa shape index (κ2) is 10.5. The van der Waals surface area contributed by atoms with E-state index in [-0.39, 0.29) is 13.3 Å². The third-order valence-corrected chi connectivity index (χ3v) is 7.79. The minimum atomic E-state index is -1.13. The molecule has 3 aromatic carbocycles. The molecule has 3 aromatic rings. The number of aliphatic carboxylic acids is 1. The smallest absolute Gasteiger partial charge is 0.318 e. The van der Waals surface area contributed by atoms with Gasteiger partial charge in [-0.2, -0.15) is 0 Å². The Hall–Kier alpha value is -3.64. The number of para-hydroxylation sites is 1. The number of carboxylic acid groups (broad SMARTS) is 1. The van der Waals surface area contributed by atoms with E-state index >= 15 is 0 Å². The molecule has 0 bridgehead atoms. The molecule has 1 amide bonds. The van der Waals surface area contributed by atoms with E-state index in [0.717, 1.165) is 29.9 Å². The summed E-state index contributed by atoms with van der Waals surface area (Å²) in [4.78, 5) is 30.3. The number of amides is 1. The predicted molar refractivity (Wildman–Crippen MR) is 143 cm³/mol. The summed E-state index contributed by atoms with van der Waals surface area (Å²) in [5, 5.41) is 13.6. The molecule has 0 saturated carbocycles. The number of anilines is 1. The summed E-state index contributed by atoms with van der Waals surface area (Å²) in [7, 11) is 0. The first-order valence-corrected chi connectivity index (χ1v) is 12.2. The number of hydrogen-bond donors (Lipinski definition) is 2. The first kappa shape index (κ1) is 25.5. The topological polar surface area (TPSA) is 72.9 Å². The molecule has 5 rings (SSSR count). The van der Waals surface area contributed by atoms with Crippen molar-refractivity contribution in [1.82, 2.24) is 10.2 Å². The molecule has 0 radical (unpaired) electrons. The van der Waals surface area contributed by atoms with Crippen LogP contribution >= 0.6 is 0 Å². The molecule has 36 heavy (non-hydrogen) atoms. The molecule has 0 unspecified atom stereocenters. The molecular formula is C30H35N3O3. The number of hydrogen-bond acceptors (Lipinski definition) is 4. The van der Waals surface area contributed by atoms with Crippen molar-refractivity contribution >= 4 is 17.6 Å². The number of piperidine rings is 1. The van der Waals surface area contributed by atoms with Crippen LogP contribution in [0.25, 0.3) is 0 Å². The lowest BCUT2D eigenvalue weighted by atomic mass is 9.71. The standard InChI is InChI=1S/C29H31N3O3.CH4/c33-26-28(32(22-30-26)25-14-8-3-9-15-25)16-19-31(20-17-28)21-18-29(27(34)35,23-10-4-1-5-11-23)24-12-6-2-7-13-24;/h1-15H,16-22H2,(H,30,33)(H,34,35);1H4. The Morgan fingerprint density at radius 3 is 1.86 bits per heavy atom. The second-order valence-electron chi connectivity index (χ2n) is 9.49. The summed E-state index contributed by atoms with van der Waals surface area (Å²) >= 11 is 0. The van der Waals surface area contributed by atoms with Gasteiger partial charge in [-0.15, -0.1) is 0 Å². The lowest BCUT2D eigenvalue weighted by Crippen LogP contribution is -2.56. The van der Waals surface area contributed by atoms with Gasteiger partial charge in [-0.3, -0.25) is 9.59 Å². The van der Waals surface area contributed by atoms with Crippen LogP contribution in [0.5, 0.6) is 0 Å². The van der Waals surface area contributed by atoms with Gasteiger partial charge in [0, 0.05) is 18.8 Å². The van der Waals surface area contributed by atoms with Gasteiger partial charge in [-0.1, -0.05) is 86.3 Å². The van der Waals surface area contributed by atoms with E-state index in [1.807, 2.05) is 78.9 Å². The van der Waals surface area contributed by atoms with Crippen molar-refractivity contribution in [3.05, 3.63) is 102 Å². The zero-order valence-electron chi connectivity index (χ0n) is 19.8. The van der Waals surface area contributed by atoms with E-state index in [1.165, 1.54) is 0 Å². The molecule has 6 nitrogen and oxygen atoms in total. The van der Waals surface area contributed by atoms with E-state index in [1.54, 1.807) is 0 Å². The van der Waals surface area contributed by atoms with Crippen LogP contribution in [0.2, 0.25) is 0 Å². The molecule has 2 aliphatic heterocycles. The molecule has 0 atom stereocenters. The van der Waals surface area contributed by atoms with Crippen molar-refractivity contribution in [1.29, 1.82) is 0 Å². The first-order valence-electron chi connectivity index (χ1n) is 12.2. The molecule has 0 aliphatic carbocycles. The monoisotopic (exact) mass is 485 g/mol. The average Bonchev–Trinajstić information content (AvgIpc) is 3.22. The van der Waals surface area contributed by atoms with Gasteiger partial charge in [-0.25, -0.2) is 0 Å². The van der Waals surface area contributed by atoms with Gasteiger partial charge in [0.25, 0.3) is 0 Å². The van der Waals surface area contributed by atoms with Gasteiger partial charge in [0.05, 0.1) is 6.67 Å². The quantitative estimate of drug-likeness (QED) is 0.515. The van der Waals surface area contributed by atoms with Crippen molar-refractivity contribution in [2.24, 2.45) is 0 Å². The fraction of sp³-hybridized carbons (Fsp3) is 0.333. The Balaban J connectivity index is 0.00000304. The zero-order valence-corrected chi connectivity index (χ0v) is 19.8. The maximum Gasteiger partial charge on any atom is 0.318 e. The van der Waals surface area contributed by atoms with E-state index in [9.17, 15) is 14.7 Å². The van der Waals surface area contributed by atoms with Gasteiger partial charge in [0.15, 0.2) is 0 Å². The van der Waals surface area contributed by atoms with Crippen LogP contribution in [0.15, 0.2) is 91.0 Å². The van der Waals surface area contributed by atoms with E-state index in [0.29, 0.717) is 32.5 Å². The summed E-state index contributed by atoms with van der Waals surface area (Å²) in [6, 6.07) is 29.2. The third-order valence-electron chi connectivity index (χ3n) is 7.79. The Morgan fingerprint density at radius 2 is 1.36 bits per heavy atom. The second-order valence-corrected chi connectivity index (χ2v) is 9.49. The fourth-order valence-electron chi connectivity index (χ4n) is 5.76. The Kier molecular flexibility index (Phi) is 7.45. The highest BCUT2D eigenvalue weighted by Gasteiger charge is 2.50. The minimum absolute atomic E-state index is 0. The highest BCUT2D eigenvalue weighted by molar-refractivity contribution is 5.93. The van der Waals surface area contributed by atoms with Crippen molar-refractivity contribution in [2.75, 3.05) is 31.2 Å². The number of carbonyl (C=O) groups excluding carboxylic acids is 1. The number of likely N-dealkylation sites (tertiary alicyclic amines) is 1. The van der Waals surface area contributed by atoms with Gasteiger partial charge in [0.2, 0.25) is 5.91 Å². The highest BCUT2D eigenvalue weighted by atomic mass is 16.4. The van der Waals surface area contributed by atoms with Gasteiger partial charge < -0.3 is 20.2 Å². The summed E-state index contributed by atoms with van der Waals surface area (Å²) in [6.07, 6.45) is 1.88. The summed E-state index contributed by atoms with van der Waals surface area (Å²) < 4.78 is 0. The van der Waals surface area contributed by atoms with Crippen molar-refractivity contribution in [3.63, 3.8) is 0 Å². The molecule has 1 spiro atoms. The van der Waals surface area contributed by atoms with Crippen LogP contribution in [0.1, 0.15) is 37.8 Å². The highest BCUT2D eigenvalue weighted by Crippen LogP contribution is 2.39. The normalized spacial score (nSPS) is 17.4. The molecule has 2 aliphatic rings. The SMILES string of the molecule is C.O=C(O)C(CCN1CCC2(CC1)C(=O)NCN2c1ccccc1)(c1ccccc1)c1ccccc1. The number of nitrogens with one attached hydrogen (secondary N) is 1. The number of nitrogens with zero attached hydrogens (tertiary/aromatic N) is 2. The van der Waals surface area contributed by atoms with Crippen LogP contribution in [-0.4, -0.2) is 53.7 Å². The zero-order chi connectivity index (χ0) is 24.3. The van der Waals surface area contributed by atoms with Gasteiger partial charge >= 0.3 is 5.97 Å². The van der Waals surface area contributed by atoms with Crippen molar-refractivity contribution in [2.45, 2.75) is 37.6 Å². The molecular weight excluding hydrogens is 450 g/mol. The third kappa shape index (κ3) is 4.37. The minimum Gasteiger partial charge on any atom is -0.480 e. The first-order chi connectivity index (χ1) is 17.1. The van der Waals surface area contributed by atoms with Crippen molar-refractivity contribution in [3.8, 4) is 0 Å². The summed E-state index contributed by atoms with van der Waals surface area (Å²) in [5.41, 5.74) is 0.964. The Morgan fingerprint density at radius 1 is 0.861 bits per heavy atom. The summed E-state index contributed by atoms with van der Waals surface area (Å²) in [5.74, 6) is -0.747. The Bertz CT molecular complexity index is 1120. The fourth-order valence-corrected chi connectivity index (χ4v) is 5.76. The Labute approximate surface area is 213 Å². The van der Waals surface area contributed by atoms with Crippen LogP contribution in [0.3, 0.4) is 0 Å². The van der Waals surface area contributed by atoms with E-state index in [2.05, 4.69) is 27.2 Å². The summed E-state index contributed by atoms with van der Waals surface area (Å²) in [6.45, 7) is 2.65. The largest absolute Gasteiger partial charge is 0.480 e. The molecule has 2 fully saturated rings. The van der Waals surface area contributed by atoms with E-state index in [4.69, 9.17) is 0 Å². The predicted octanol–water partition coefficient (Wildman–Crippen LogP) is 4.51. The van der Waals surface area contributed by atoms with Gasteiger partial charge in [-0.05, 0) is 49.1 Å². The number of rotatable bonds is 7. The molecule has 0 aromatic heterocycles. The average molecular weight is 486 g/mol. The van der Waals surface area contributed by atoms with Crippen LogP contribution in [0, 0.1) is 0 Å². The molecule has 6 heteroatoms. The van der Waals surface area contributed by atoms with Crippen molar-refractivity contribution < 1.29 is 14.7 Å². The lowest BCUT2D eigenvalue weighted by molar-refractivity contribution is -0.142. The lowest BCUT2D eigenvalue weighted by Gasteiger charge is -2.44.